The van der Waals surface area contributed by atoms with E-state index in [0.717, 1.165) is 6.42 Å². The smallest absolute Gasteiger partial charge is 0.0787 e. The van der Waals surface area contributed by atoms with Crippen LogP contribution in [0.1, 0.15) is 58.3 Å². The van der Waals surface area contributed by atoms with E-state index < -0.39 is 0 Å². The number of ether oxygens (including phenoxy) is 1. The van der Waals surface area contributed by atoms with Crippen molar-refractivity contribution < 1.29 is 4.74 Å². The Bertz CT molecular complexity index is 462. The highest BCUT2D eigenvalue weighted by molar-refractivity contribution is 5.20. The van der Waals surface area contributed by atoms with Crippen molar-refractivity contribution in [2.45, 2.75) is 71.2 Å². The zero-order chi connectivity index (χ0) is 14.4. The quantitative estimate of drug-likeness (QED) is 0.913. The summed E-state index contributed by atoms with van der Waals surface area (Å²) in [5, 5.41) is 8.04. The predicted octanol–water partition coefficient (Wildman–Crippen LogP) is 2.73. The molecular weight excluding hydrogens is 238 g/mol. The molecule has 1 saturated heterocycles. The molecule has 1 aromatic heterocycles. The normalized spacial score (nSPS) is 26.6. The Hall–Kier alpha value is -0.870. The van der Waals surface area contributed by atoms with Crippen molar-refractivity contribution in [3.63, 3.8) is 0 Å². The highest BCUT2D eigenvalue weighted by atomic mass is 16.5. The van der Waals surface area contributed by atoms with Crippen LogP contribution in [0.4, 0.5) is 0 Å². The molecule has 1 N–H and O–H groups in total. The average Bonchev–Trinajstić information content (AvgIpc) is 2.66. The van der Waals surface area contributed by atoms with Crippen molar-refractivity contribution in [3.05, 3.63) is 17.5 Å². The molecule has 108 valence electrons. The number of hydrogen-bond acceptors (Lipinski definition) is 3. The zero-order valence-corrected chi connectivity index (χ0v) is 13.2. The van der Waals surface area contributed by atoms with Crippen molar-refractivity contribution in [1.82, 2.24) is 15.1 Å². The molecule has 0 aromatic carbocycles. The van der Waals surface area contributed by atoms with Gasteiger partial charge in [-0.2, -0.15) is 5.10 Å². The molecule has 2 heterocycles. The third-order valence-corrected chi connectivity index (χ3v) is 4.27. The largest absolute Gasteiger partial charge is 0.368 e. The molecule has 1 fully saturated rings. The first-order valence-corrected chi connectivity index (χ1v) is 7.07. The van der Waals surface area contributed by atoms with Gasteiger partial charge in [-0.25, -0.2) is 0 Å². The van der Waals surface area contributed by atoms with Gasteiger partial charge in [-0.3, -0.25) is 4.68 Å². The lowest BCUT2D eigenvalue weighted by atomic mass is 9.93. The Kier molecular flexibility index (Phi) is 3.52. The number of hydrogen-bond donors (Lipinski definition) is 1. The van der Waals surface area contributed by atoms with E-state index in [2.05, 4.69) is 52.0 Å². The van der Waals surface area contributed by atoms with Crippen LogP contribution in [0.25, 0.3) is 0 Å². The highest BCUT2D eigenvalue weighted by Gasteiger charge is 2.46. The van der Waals surface area contributed by atoms with Gasteiger partial charge in [-0.05, 0) is 48.0 Å². The predicted molar refractivity (Wildman–Crippen MR) is 77.1 cm³/mol. The van der Waals surface area contributed by atoms with Crippen LogP contribution in [-0.2, 0) is 11.8 Å². The van der Waals surface area contributed by atoms with E-state index in [4.69, 9.17) is 4.74 Å². The summed E-state index contributed by atoms with van der Waals surface area (Å²) in [6.45, 7) is 13.0. The van der Waals surface area contributed by atoms with Crippen LogP contribution in [0, 0.1) is 6.92 Å². The molecule has 0 spiro atoms. The Morgan fingerprint density at radius 2 is 2.05 bits per heavy atom. The second kappa shape index (κ2) is 4.60. The van der Waals surface area contributed by atoms with Gasteiger partial charge in [0, 0.05) is 30.4 Å². The van der Waals surface area contributed by atoms with Crippen LogP contribution in [0.2, 0.25) is 0 Å². The second-order valence-corrected chi connectivity index (χ2v) is 6.92. The summed E-state index contributed by atoms with van der Waals surface area (Å²) in [6, 6.07) is 0.646. The van der Waals surface area contributed by atoms with E-state index in [0.29, 0.717) is 6.04 Å². The molecule has 0 amide bonds. The van der Waals surface area contributed by atoms with Crippen LogP contribution in [-0.4, -0.2) is 27.0 Å². The lowest BCUT2D eigenvalue weighted by Gasteiger charge is -2.30. The molecule has 1 aliphatic rings. The first-order chi connectivity index (χ1) is 8.62. The van der Waals surface area contributed by atoms with Crippen molar-refractivity contribution in [2.75, 3.05) is 0 Å². The summed E-state index contributed by atoms with van der Waals surface area (Å²) in [5.74, 6) is 0. The van der Waals surface area contributed by atoms with Gasteiger partial charge < -0.3 is 10.1 Å². The van der Waals surface area contributed by atoms with E-state index >= 15 is 0 Å². The van der Waals surface area contributed by atoms with E-state index in [1.54, 1.807) is 0 Å². The average molecular weight is 265 g/mol. The Labute approximate surface area is 116 Å². The van der Waals surface area contributed by atoms with Gasteiger partial charge in [0.2, 0.25) is 0 Å². The molecule has 0 saturated carbocycles. The molecule has 0 radical (unpaired) electrons. The molecule has 2 atom stereocenters. The minimum Gasteiger partial charge on any atom is -0.368 e. The monoisotopic (exact) mass is 265 g/mol. The third-order valence-electron chi connectivity index (χ3n) is 4.27. The SMILES string of the molecule is Cc1c(C(C)NC2CC(C)(C)OC2(C)C)cnn1C. The van der Waals surface area contributed by atoms with Gasteiger partial charge >= 0.3 is 0 Å². The summed E-state index contributed by atoms with van der Waals surface area (Å²) in [5.41, 5.74) is 2.30. The van der Waals surface area contributed by atoms with Crippen LogP contribution in [0.3, 0.4) is 0 Å². The summed E-state index contributed by atoms with van der Waals surface area (Å²) in [4.78, 5) is 0. The summed E-state index contributed by atoms with van der Waals surface area (Å²) in [6.07, 6.45) is 2.99. The van der Waals surface area contributed by atoms with Gasteiger partial charge in [0.15, 0.2) is 0 Å². The number of nitrogens with zero attached hydrogens (tertiary/aromatic N) is 2. The van der Waals surface area contributed by atoms with Crippen LogP contribution in [0.15, 0.2) is 6.20 Å². The number of nitrogens with one attached hydrogen (secondary N) is 1. The molecule has 4 heteroatoms. The van der Waals surface area contributed by atoms with Crippen molar-refractivity contribution in [2.24, 2.45) is 7.05 Å². The molecule has 4 nitrogen and oxygen atoms in total. The topological polar surface area (TPSA) is 39.1 Å². The molecule has 19 heavy (non-hydrogen) atoms. The first-order valence-electron chi connectivity index (χ1n) is 7.07. The maximum absolute atomic E-state index is 6.14. The molecular formula is C15H27N3O. The first kappa shape index (κ1) is 14.5. The van der Waals surface area contributed by atoms with E-state index in [1.165, 1.54) is 11.3 Å². The maximum atomic E-state index is 6.14. The number of aryl methyl sites for hydroxylation is 1. The van der Waals surface area contributed by atoms with Crippen molar-refractivity contribution in [1.29, 1.82) is 0 Å². The maximum Gasteiger partial charge on any atom is 0.0787 e. The summed E-state index contributed by atoms with van der Waals surface area (Å²) >= 11 is 0. The number of rotatable bonds is 3. The Morgan fingerprint density at radius 1 is 1.42 bits per heavy atom. The second-order valence-electron chi connectivity index (χ2n) is 6.92. The molecule has 0 bridgehead atoms. The number of aromatic nitrogens is 2. The van der Waals surface area contributed by atoms with Crippen molar-refractivity contribution in [3.8, 4) is 0 Å². The van der Waals surface area contributed by atoms with Gasteiger partial charge in [-0.1, -0.05) is 0 Å². The third kappa shape index (κ3) is 2.84. The lowest BCUT2D eigenvalue weighted by molar-refractivity contribution is -0.0703. The molecule has 1 aliphatic heterocycles. The van der Waals surface area contributed by atoms with Gasteiger partial charge in [0.25, 0.3) is 0 Å². The fraction of sp³-hybridized carbons (Fsp3) is 0.800. The van der Waals surface area contributed by atoms with E-state index in [9.17, 15) is 0 Å². The minimum absolute atomic E-state index is 0.0507. The Balaban J connectivity index is 2.11. The van der Waals surface area contributed by atoms with E-state index in [1.807, 2.05) is 17.9 Å². The fourth-order valence-electron chi connectivity index (χ4n) is 3.15. The summed E-state index contributed by atoms with van der Waals surface area (Å²) in [7, 11) is 1.98. The standard InChI is InChI=1S/C15H27N3O/c1-10(12-9-16-18(7)11(12)2)17-13-8-14(3,4)19-15(13,5)6/h9-10,13,17H,8H2,1-7H3. The van der Waals surface area contributed by atoms with Crippen molar-refractivity contribution >= 4 is 0 Å². The van der Waals surface area contributed by atoms with Gasteiger partial charge in [0.05, 0.1) is 17.4 Å². The molecule has 1 aromatic rings. The van der Waals surface area contributed by atoms with Crippen LogP contribution < -0.4 is 5.32 Å². The molecule has 2 rings (SSSR count). The van der Waals surface area contributed by atoms with E-state index in [-0.39, 0.29) is 17.2 Å². The molecule has 0 aliphatic carbocycles. The van der Waals surface area contributed by atoms with Crippen LogP contribution >= 0.6 is 0 Å². The minimum atomic E-state index is -0.131. The summed E-state index contributed by atoms with van der Waals surface area (Å²) < 4.78 is 8.06. The zero-order valence-electron chi connectivity index (χ0n) is 13.2. The Morgan fingerprint density at radius 3 is 2.47 bits per heavy atom. The van der Waals surface area contributed by atoms with Crippen LogP contribution in [0.5, 0.6) is 0 Å². The molecule has 2 unspecified atom stereocenters. The van der Waals surface area contributed by atoms with Gasteiger partial charge in [0.1, 0.15) is 0 Å². The lowest BCUT2D eigenvalue weighted by Crippen LogP contribution is -2.44. The van der Waals surface area contributed by atoms with Gasteiger partial charge in [-0.15, -0.1) is 0 Å². The fourth-order valence-corrected chi connectivity index (χ4v) is 3.15. The highest BCUT2D eigenvalue weighted by Crippen LogP contribution is 2.38.